The molecule has 0 aliphatic carbocycles. The van der Waals surface area contributed by atoms with Gasteiger partial charge in [-0.25, -0.2) is 0 Å². The summed E-state index contributed by atoms with van der Waals surface area (Å²) in [5.41, 5.74) is 5.12. The molecule has 1 aromatic heterocycles. The van der Waals surface area contributed by atoms with Gasteiger partial charge in [0, 0.05) is 6.07 Å². The van der Waals surface area contributed by atoms with Crippen molar-refractivity contribution < 1.29 is 15.1 Å². The first-order valence-electron chi connectivity index (χ1n) is 2.17. The number of hydrogen-bond donors (Lipinski definition) is 2. The molecule has 5 heteroatoms. The molecule has 0 spiro atoms. The van der Waals surface area contributed by atoms with E-state index in [4.69, 9.17) is 10.8 Å². The number of nitrogens with two attached hydrogens (primary N) is 1. The highest BCUT2D eigenvalue weighted by atomic mass is 16.5. The normalized spacial score (nSPS) is 8.56. The molecule has 0 radical (unpaired) electrons. The Morgan fingerprint density at radius 3 is 2.67 bits per heavy atom. The average Bonchev–Trinajstić information content (AvgIpc) is 2.14. The first-order valence-corrected chi connectivity index (χ1v) is 2.17. The Morgan fingerprint density at radius 2 is 2.44 bits per heavy atom. The van der Waals surface area contributed by atoms with E-state index in [2.05, 4.69) is 9.68 Å². The second-order valence-electron chi connectivity index (χ2n) is 1.36. The molecule has 0 aliphatic rings. The summed E-state index contributed by atoms with van der Waals surface area (Å²) in [6, 6.07) is 1.38. The van der Waals surface area contributed by atoms with Crippen LogP contribution in [-0.2, 0) is 6.54 Å². The van der Waals surface area contributed by atoms with Crippen LogP contribution in [0.4, 0.5) is 0 Å². The van der Waals surface area contributed by atoms with E-state index in [-0.39, 0.29) is 17.9 Å². The molecule has 0 saturated heterocycles. The first kappa shape index (κ1) is 7.93. The highest BCUT2D eigenvalue weighted by Crippen LogP contribution is 2.06. The zero-order chi connectivity index (χ0) is 5.98. The molecule has 0 fully saturated rings. The lowest BCUT2D eigenvalue weighted by molar-refractivity contribution is 0.342. The second kappa shape index (κ2) is 3.06. The van der Waals surface area contributed by atoms with Gasteiger partial charge in [-0.15, -0.1) is 0 Å². The Morgan fingerprint density at radius 1 is 1.78 bits per heavy atom. The SMILES string of the molecule is NCc1cc(O)no1.O. The van der Waals surface area contributed by atoms with Crippen LogP contribution in [0.15, 0.2) is 10.6 Å². The van der Waals surface area contributed by atoms with Crippen molar-refractivity contribution in [2.45, 2.75) is 6.54 Å². The van der Waals surface area contributed by atoms with Crippen LogP contribution in [0.5, 0.6) is 5.88 Å². The smallest absolute Gasteiger partial charge is 0.251 e. The van der Waals surface area contributed by atoms with Gasteiger partial charge >= 0.3 is 0 Å². The summed E-state index contributed by atoms with van der Waals surface area (Å²) in [6.07, 6.45) is 0. The van der Waals surface area contributed by atoms with Gasteiger partial charge in [0.25, 0.3) is 5.88 Å². The van der Waals surface area contributed by atoms with E-state index in [1.54, 1.807) is 0 Å². The van der Waals surface area contributed by atoms with Gasteiger partial charge < -0.3 is 20.8 Å². The van der Waals surface area contributed by atoms with Crippen molar-refractivity contribution in [2.24, 2.45) is 5.73 Å². The van der Waals surface area contributed by atoms with Crippen molar-refractivity contribution >= 4 is 0 Å². The van der Waals surface area contributed by atoms with E-state index in [0.29, 0.717) is 5.76 Å². The Kier molecular flexibility index (Phi) is 2.69. The van der Waals surface area contributed by atoms with Crippen LogP contribution in [0.3, 0.4) is 0 Å². The molecule has 9 heavy (non-hydrogen) atoms. The molecule has 0 bridgehead atoms. The summed E-state index contributed by atoms with van der Waals surface area (Å²) < 4.78 is 4.49. The summed E-state index contributed by atoms with van der Waals surface area (Å²) >= 11 is 0. The first-order chi connectivity index (χ1) is 3.83. The van der Waals surface area contributed by atoms with Crippen molar-refractivity contribution in [3.8, 4) is 5.88 Å². The van der Waals surface area contributed by atoms with E-state index in [1.807, 2.05) is 0 Å². The van der Waals surface area contributed by atoms with Gasteiger partial charge in [-0.2, -0.15) is 0 Å². The minimum Gasteiger partial charge on any atom is -0.491 e. The topological polar surface area (TPSA) is 104 Å². The highest BCUT2D eigenvalue weighted by molar-refractivity contribution is 5.07. The molecule has 5 N–H and O–H groups in total. The average molecular weight is 132 g/mol. The van der Waals surface area contributed by atoms with Crippen molar-refractivity contribution in [1.29, 1.82) is 0 Å². The van der Waals surface area contributed by atoms with E-state index in [0.717, 1.165) is 0 Å². The maximum Gasteiger partial charge on any atom is 0.251 e. The predicted octanol–water partition coefficient (Wildman–Crippen LogP) is -0.986. The molecule has 0 saturated carbocycles. The highest BCUT2D eigenvalue weighted by Gasteiger charge is 1.96. The van der Waals surface area contributed by atoms with Gasteiger partial charge in [-0.1, -0.05) is 0 Å². The molecular weight excluding hydrogens is 124 g/mol. The van der Waals surface area contributed by atoms with Crippen molar-refractivity contribution in [3.63, 3.8) is 0 Å². The Bertz CT molecular complexity index is 174. The lowest BCUT2D eigenvalue weighted by atomic mass is 10.5. The quantitative estimate of drug-likeness (QED) is 0.512. The van der Waals surface area contributed by atoms with Gasteiger partial charge in [0.2, 0.25) is 0 Å². The van der Waals surface area contributed by atoms with Gasteiger partial charge in [0.1, 0.15) is 0 Å². The zero-order valence-electron chi connectivity index (χ0n) is 4.66. The molecule has 1 rings (SSSR count). The van der Waals surface area contributed by atoms with Crippen molar-refractivity contribution in [1.82, 2.24) is 5.16 Å². The maximum atomic E-state index is 8.52. The fourth-order valence-electron chi connectivity index (χ4n) is 0.398. The van der Waals surface area contributed by atoms with Crippen LogP contribution in [0.2, 0.25) is 0 Å². The number of hydrogen-bond acceptors (Lipinski definition) is 4. The molecule has 1 aromatic rings. The third kappa shape index (κ3) is 1.71. The minimum atomic E-state index is -0.120. The monoisotopic (exact) mass is 132 g/mol. The number of rotatable bonds is 1. The van der Waals surface area contributed by atoms with Crippen LogP contribution in [0.1, 0.15) is 5.76 Å². The van der Waals surface area contributed by atoms with E-state index >= 15 is 0 Å². The molecule has 5 nitrogen and oxygen atoms in total. The van der Waals surface area contributed by atoms with Crippen LogP contribution < -0.4 is 5.73 Å². The molecule has 52 valence electrons. The fraction of sp³-hybridized carbons (Fsp3) is 0.250. The third-order valence-corrected chi connectivity index (χ3v) is 0.748. The van der Waals surface area contributed by atoms with Crippen LogP contribution in [0.25, 0.3) is 0 Å². The predicted molar refractivity (Wildman–Crippen MR) is 29.7 cm³/mol. The van der Waals surface area contributed by atoms with Crippen LogP contribution in [0, 0.1) is 0 Å². The van der Waals surface area contributed by atoms with E-state index < -0.39 is 0 Å². The lowest BCUT2D eigenvalue weighted by Gasteiger charge is -1.76. The number of aromatic nitrogens is 1. The zero-order valence-corrected chi connectivity index (χ0v) is 4.66. The number of nitrogens with zero attached hydrogens (tertiary/aromatic N) is 1. The van der Waals surface area contributed by atoms with Crippen molar-refractivity contribution in [2.75, 3.05) is 0 Å². The van der Waals surface area contributed by atoms with Crippen LogP contribution >= 0.6 is 0 Å². The Balaban J connectivity index is 0.000000640. The van der Waals surface area contributed by atoms with E-state index in [1.165, 1.54) is 6.07 Å². The van der Waals surface area contributed by atoms with Gasteiger partial charge in [-0.3, -0.25) is 0 Å². The van der Waals surface area contributed by atoms with Gasteiger partial charge in [0.05, 0.1) is 6.54 Å². The number of aromatic hydroxyl groups is 1. The Labute approximate surface area is 51.4 Å². The molecule has 0 atom stereocenters. The molecule has 0 amide bonds. The third-order valence-electron chi connectivity index (χ3n) is 0.748. The summed E-state index contributed by atoms with van der Waals surface area (Å²) in [5, 5.41) is 11.7. The summed E-state index contributed by atoms with van der Waals surface area (Å²) in [5.74, 6) is 0.368. The maximum absolute atomic E-state index is 8.52. The lowest BCUT2D eigenvalue weighted by Crippen LogP contribution is -1.92. The summed E-state index contributed by atoms with van der Waals surface area (Å²) in [4.78, 5) is 0. The molecule has 0 aromatic carbocycles. The van der Waals surface area contributed by atoms with E-state index in [9.17, 15) is 0 Å². The minimum absolute atomic E-state index is 0. The molecule has 1 heterocycles. The summed E-state index contributed by atoms with van der Waals surface area (Å²) in [6.45, 7) is 0.271. The molecule has 0 aliphatic heterocycles. The van der Waals surface area contributed by atoms with Crippen molar-refractivity contribution in [3.05, 3.63) is 11.8 Å². The molecular formula is C4H8N2O3. The summed E-state index contributed by atoms with van der Waals surface area (Å²) in [7, 11) is 0. The van der Waals surface area contributed by atoms with Gasteiger partial charge in [-0.05, 0) is 5.16 Å². The Hall–Kier alpha value is -1.07. The second-order valence-corrected chi connectivity index (χ2v) is 1.36. The standard InChI is InChI=1S/C4H6N2O2.H2O/c5-2-3-1-4(7)6-8-3;/h1H,2,5H2,(H,6,7);1H2. The molecule has 0 unspecified atom stereocenters. The van der Waals surface area contributed by atoms with Gasteiger partial charge in [0.15, 0.2) is 5.76 Å². The largest absolute Gasteiger partial charge is 0.491 e. The van der Waals surface area contributed by atoms with Crippen LogP contribution in [-0.4, -0.2) is 15.7 Å². The fourth-order valence-corrected chi connectivity index (χ4v) is 0.398.